The molecule has 3 rings (SSSR count). The highest BCUT2D eigenvalue weighted by molar-refractivity contribution is 5.84. The number of nitrogens with one attached hydrogen (secondary N) is 1. The van der Waals surface area contributed by atoms with Gasteiger partial charge in [-0.25, -0.2) is 4.98 Å². The predicted molar refractivity (Wildman–Crippen MR) is 120 cm³/mol. The van der Waals surface area contributed by atoms with Crippen LogP contribution in [0.3, 0.4) is 0 Å². The monoisotopic (exact) mass is 418 g/mol. The van der Waals surface area contributed by atoms with E-state index in [2.05, 4.69) is 47.5 Å². The van der Waals surface area contributed by atoms with Gasteiger partial charge in [0.05, 0.1) is 12.0 Å². The minimum Gasteiger partial charge on any atom is -0.383 e. The van der Waals surface area contributed by atoms with Crippen molar-refractivity contribution in [2.75, 3.05) is 26.8 Å². The molecule has 3 heterocycles. The highest BCUT2D eigenvalue weighted by Crippen LogP contribution is 2.52. The van der Waals surface area contributed by atoms with Crippen LogP contribution in [0.25, 0.3) is 0 Å². The Morgan fingerprint density at radius 2 is 2.10 bits per heavy atom. The van der Waals surface area contributed by atoms with Crippen LogP contribution >= 0.6 is 0 Å². The average Bonchev–Trinajstić information content (AvgIpc) is 3.41. The molecule has 1 aromatic heterocycles. The molecular formula is C24H42N4O2. The van der Waals surface area contributed by atoms with Crippen LogP contribution in [0.2, 0.25) is 0 Å². The molecule has 0 aromatic carbocycles. The molecule has 6 nitrogen and oxygen atoms in total. The number of methoxy groups -OCH3 is 1. The number of aryl methyl sites for hydroxylation is 1. The highest BCUT2D eigenvalue weighted by atomic mass is 16.5. The molecule has 0 unspecified atom stereocenters. The molecule has 0 saturated carbocycles. The lowest BCUT2D eigenvalue weighted by Crippen LogP contribution is -2.49. The minimum absolute atomic E-state index is 0.223. The summed E-state index contributed by atoms with van der Waals surface area (Å²) in [6, 6.07) is 0.917. The van der Waals surface area contributed by atoms with Crippen LogP contribution in [0.4, 0.5) is 0 Å². The summed E-state index contributed by atoms with van der Waals surface area (Å²) in [6.45, 7) is 12.2. The van der Waals surface area contributed by atoms with Crippen molar-refractivity contribution < 1.29 is 9.53 Å². The molecule has 1 amide bonds. The summed E-state index contributed by atoms with van der Waals surface area (Å²) in [5.74, 6) is 2.45. The highest BCUT2D eigenvalue weighted by Gasteiger charge is 2.58. The van der Waals surface area contributed by atoms with Gasteiger partial charge in [-0.05, 0) is 44.4 Å². The Balaban J connectivity index is 1.60. The van der Waals surface area contributed by atoms with Crippen LogP contribution in [0.15, 0.2) is 12.4 Å². The van der Waals surface area contributed by atoms with E-state index in [1.165, 1.54) is 6.42 Å². The third kappa shape index (κ3) is 4.91. The van der Waals surface area contributed by atoms with Gasteiger partial charge in [0.2, 0.25) is 5.91 Å². The van der Waals surface area contributed by atoms with Crippen LogP contribution in [-0.4, -0.2) is 59.2 Å². The first-order valence-electron chi connectivity index (χ1n) is 11.9. The van der Waals surface area contributed by atoms with Gasteiger partial charge < -0.3 is 14.6 Å². The molecule has 0 aliphatic carbocycles. The molecule has 170 valence electrons. The predicted octanol–water partition coefficient (Wildman–Crippen LogP) is 3.82. The number of ether oxygens (including phenoxy) is 1. The van der Waals surface area contributed by atoms with Gasteiger partial charge in [-0.15, -0.1) is 0 Å². The Kier molecular flexibility index (Phi) is 7.97. The summed E-state index contributed by atoms with van der Waals surface area (Å²) < 4.78 is 7.56. The molecule has 2 aliphatic heterocycles. The van der Waals surface area contributed by atoms with E-state index in [4.69, 9.17) is 4.74 Å². The summed E-state index contributed by atoms with van der Waals surface area (Å²) >= 11 is 0. The number of fused-ring (bicyclic) bond motifs is 2. The second kappa shape index (κ2) is 10.3. The van der Waals surface area contributed by atoms with E-state index in [-0.39, 0.29) is 11.3 Å². The number of carbonyl (C=O) groups excluding carboxylic acids is 1. The summed E-state index contributed by atoms with van der Waals surface area (Å²) in [5.41, 5.74) is -0.223. The zero-order valence-corrected chi connectivity index (χ0v) is 19.7. The molecule has 30 heavy (non-hydrogen) atoms. The first-order chi connectivity index (χ1) is 14.4. The Morgan fingerprint density at radius 3 is 2.80 bits per heavy atom. The molecule has 2 bridgehead atoms. The smallest absolute Gasteiger partial charge is 0.227 e. The van der Waals surface area contributed by atoms with Crippen LogP contribution in [0, 0.1) is 11.3 Å². The Morgan fingerprint density at radius 1 is 1.30 bits per heavy atom. The normalized spacial score (nSPS) is 26.2. The number of rotatable bonds is 12. The topological polar surface area (TPSA) is 59.4 Å². The van der Waals surface area contributed by atoms with Crippen molar-refractivity contribution in [2.45, 2.75) is 90.8 Å². The quantitative estimate of drug-likeness (QED) is 0.524. The molecule has 2 fully saturated rings. The first-order valence-corrected chi connectivity index (χ1v) is 11.9. The van der Waals surface area contributed by atoms with Crippen molar-refractivity contribution in [1.29, 1.82) is 0 Å². The number of aromatic nitrogens is 2. The van der Waals surface area contributed by atoms with Crippen molar-refractivity contribution in [3.05, 3.63) is 18.2 Å². The van der Waals surface area contributed by atoms with Gasteiger partial charge in [0.1, 0.15) is 5.82 Å². The summed E-state index contributed by atoms with van der Waals surface area (Å²) in [6.07, 6.45) is 10.4. The fourth-order valence-electron chi connectivity index (χ4n) is 5.65. The van der Waals surface area contributed by atoms with Crippen LogP contribution in [0.1, 0.15) is 78.0 Å². The molecule has 3 atom stereocenters. The van der Waals surface area contributed by atoms with Gasteiger partial charge in [0.15, 0.2) is 0 Å². The third-order valence-electron chi connectivity index (χ3n) is 7.18. The van der Waals surface area contributed by atoms with Crippen molar-refractivity contribution in [3.63, 3.8) is 0 Å². The van der Waals surface area contributed by atoms with E-state index in [1.807, 2.05) is 12.4 Å². The fourth-order valence-corrected chi connectivity index (χ4v) is 5.65. The lowest BCUT2D eigenvalue weighted by atomic mass is 9.69. The van der Waals surface area contributed by atoms with Crippen molar-refractivity contribution in [3.8, 4) is 0 Å². The van der Waals surface area contributed by atoms with Crippen molar-refractivity contribution in [1.82, 2.24) is 19.8 Å². The number of amides is 1. The van der Waals surface area contributed by atoms with Gasteiger partial charge in [-0.1, -0.05) is 27.7 Å². The number of imidazole rings is 1. The summed E-state index contributed by atoms with van der Waals surface area (Å²) in [4.78, 5) is 20.6. The lowest BCUT2D eigenvalue weighted by Gasteiger charge is -2.37. The summed E-state index contributed by atoms with van der Waals surface area (Å²) in [7, 11) is 1.77. The molecular weight excluding hydrogens is 376 g/mol. The Bertz CT molecular complexity index is 687. The molecule has 1 N–H and O–H groups in total. The standard InChI is InChI=1S/C24H42N4O2/c1-18(2)9-10-24(17-20-7-8-21(24)28(20)15-16-30-5)23(29)26-11-6-13-27-14-12-25-22(27)19(3)4/h12,14,18-21H,6-11,13,15-17H2,1-5H3,(H,26,29)/t20-,21+,24+/m1/s1. The van der Waals surface area contributed by atoms with Gasteiger partial charge in [-0.3, -0.25) is 9.69 Å². The SMILES string of the molecule is COCCN1[C@@H]2CC[C@H]1[C@@](CCC(C)C)(C(=O)NCCCn1ccnc1C(C)C)C2. The van der Waals surface area contributed by atoms with E-state index in [9.17, 15) is 4.79 Å². The Hall–Kier alpha value is -1.40. The Labute approximate surface area is 182 Å². The van der Waals surface area contributed by atoms with Crippen molar-refractivity contribution in [2.24, 2.45) is 11.3 Å². The maximum atomic E-state index is 13.5. The van der Waals surface area contributed by atoms with E-state index >= 15 is 0 Å². The van der Waals surface area contributed by atoms with E-state index in [0.29, 0.717) is 23.9 Å². The molecule has 1 aromatic rings. The largest absolute Gasteiger partial charge is 0.383 e. The third-order valence-corrected chi connectivity index (χ3v) is 7.18. The number of carbonyl (C=O) groups is 1. The van der Waals surface area contributed by atoms with E-state index in [1.54, 1.807) is 7.11 Å². The minimum atomic E-state index is -0.223. The fraction of sp³-hybridized carbons (Fsp3) is 0.833. The number of hydrogen-bond acceptors (Lipinski definition) is 4. The average molecular weight is 419 g/mol. The molecule has 0 radical (unpaired) electrons. The zero-order valence-electron chi connectivity index (χ0n) is 19.7. The summed E-state index contributed by atoms with van der Waals surface area (Å²) in [5, 5.41) is 3.33. The second-order valence-electron chi connectivity index (χ2n) is 10.0. The molecule has 0 spiro atoms. The van der Waals surface area contributed by atoms with Gasteiger partial charge >= 0.3 is 0 Å². The van der Waals surface area contributed by atoms with Crippen molar-refractivity contribution >= 4 is 5.91 Å². The molecule has 6 heteroatoms. The lowest BCUT2D eigenvalue weighted by molar-refractivity contribution is -0.133. The maximum absolute atomic E-state index is 13.5. The molecule has 2 saturated heterocycles. The molecule has 2 aliphatic rings. The zero-order chi connectivity index (χ0) is 21.7. The van der Waals surface area contributed by atoms with Crippen LogP contribution < -0.4 is 5.32 Å². The van der Waals surface area contributed by atoms with Gasteiger partial charge in [0, 0.05) is 57.1 Å². The number of nitrogens with zero attached hydrogens (tertiary/aromatic N) is 3. The number of hydrogen-bond donors (Lipinski definition) is 1. The van der Waals surface area contributed by atoms with E-state index in [0.717, 1.165) is 64.2 Å². The van der Waals surface area contributed by atoms with Crippen LogP contribution in [0.5, 0.6) is 0 Å². The van der Waals surface area contributed by atoms with Gasteiger partial charge in [0.25, 0.3) is 0 Å². The maximum Gasteiger partial charge on any atom is 0.227 e. The second-order valence-corrected chi connectivity index (χ2v) is 10.0. The van der Waals surface area contributed by atoms with Crippen LogP contribution in [-0.2, 0) is 16.1 Å². The first kappa shape index (κ1) is 23.3. The van der Waals surface area contributed by atoms with E-state index < -0.39 is 0 Å². The van der Waals surface area contributed by atoms with Gasteiger partial charge in [-0.2, -0.15) is 0 Å².